The molecule has 4 heteroatoms. The molecule has 1 aromatic carbocycles. The highest BCUT2D eigenvalue weighted by atomic mass is 79.9. The fourth-order valence-electron chi connectivity index (χ4n) is 4.73. The lowest BCUT2D eigenvalue weighted by Crippen LogP contribution is -2.50. The molecule has 1 spiro atoms. The van der Waals surface area contributed by atoms with E-state index in [0.29, 0.717) is 11.5 Å². The van der Waals surface area contributed by atoms with E-state index in [9.17, 15) is 4.39 Å². The number of benzene rings is 1. The van der Waals surface area contributed by atoms with Gasteiger partial charge in [0, 0.05) is 24.7 Å². The first kappa shape index (κ1) is 18.2. The summed E-state index contributed by atoms with van der Waals surface area (Å²) in [6, 6.07) is 3.65. The molecule has 1 aromatic rings. The fraction of sp³-hybridized carbons (Fsp3) is 0.700. The zero-order chi connectivity index (χ0) is 17.3. The Labute approximate surface area is 153 Å². The van der Waals surface area contributed by atoms with Gasteiger partial charge in [0.1, 0.15) is 5.82 Å². The predicted octanol–water partition coefficient (Wildman–Crippen LogP) is 5.57. The minimum atomic E-state index is -0.105. The average Bonchev–Trinajstić information content (AvgIpc) is 2.55. The van der Waals surface area contributed by atoms with Crippen LogP contribution in [0.25, 0.3) is 0 Å². The topological polar surface area (TPSA) is 12.5 Å². The number of hydrogen-bond acceptors (Lipinski definition) is 2. The zero-order valence-electron chi connectivity index (χ0n) is 15.1. The second-order valence-electron chi connectivity index (χ2n) is 7.59. The van der Waals surface area contributed by atoms with Crippen molar-refractivity contribution in [1.82, 2.24) is 0 Å². The Balaban J connectivity index is 1.62. The molecule has 1 heterocycles. The molecule has 3 rings (SSSR count). The Morgan fingerprint density at radius 3 is 2.50 bits per heavy atom. The summed E-state index contributed by atoms with van der Waals surface area (Å²) in [7, 11) is 1.84. The first-order valence-corrected chi connectivity index (χ1v) is 10.1. The first-order chi connectivity index (χ1) is 11.5. The van der Waals surface area contributed by atoms with E-state index >= 15 is 0 Å². The van der Waals surface area contributed by atoms with Crippen molar-refractivity contribution in [3.63, 3.8) is 0 Å². The Morgan fingerprint density at radius 1 is 1.29 bits per heavy atom. The van der Waals surface area contributed by atoms with Gasteiger partial charge in [-0.25, -0.2) is 4.39 Å². The predicted molar refractivity (Wildman–Crippen MR) is 101 cm³/mol. The molecular formula is C20H29BrFNO. The summed E-state index contributed by atoms with van der Waals surface area (Å²) in [6.07, 6.45) is 7.38. The molecule has 1 atom stereocenters. The van der Waals surface area contributed by atoms with Crippen molar-refractivity contribution in [2.45, 2.75) is 58.5 Å². The van der Waals surface area contributed by atoms with E-state index in [0.717, 1.165) is 42.0 Å². The van der Waals surface area contributed by atoms with Crippen LogP contribution in [-0.2, 0) is 11.2 Å². The van der Waals surface area contributed by atoms with Crippen molar-refractivity contribution in [1.29, 1.82) is 0 Å². The van der Waals surface area contributed by atoms with Crippen LogP contribution in [0, 0.1) is 17.2 Å². The molecule has 0 bridgehead atoms. The highest BCUT2D eigenvalue weighted by molar-refractivity contribution is 9.10. The van der Waals surface area contributed by atoms with Crippen molar-refractivity contribution < 1.29 is 9.13 Å². The van der Waals surface area contributed by atoms with E-state index in [-0.39, 0.29) is 5.82 Å². The second kappa shape index (κ2) is 7.33. The summed E-state index contributed by atoms with van der Waals surface area (Å²) in [5, 5.41) is 0. The molecule has 24 heavy (non-hydrogen) atoms. The Kier molecular flexibility index (Phi) is 5.55. The van der Waals surface area contributed by atoms with E-state index < -0.39 is 0 Å². The van der Waals surface area contributed by atoms with Crippen molar-refractivity contribution in [2.75, 3.05) is 25.1 Å². The molecule has 2 nitrogen and oxygen atoms in total. The van der Waals surface area contributed by atoms with Crippen molar-refractivity contribution in [3.8, 4) is 0 Å². The van der Waals surface area contributed by atoms with Gasteiger partial charge in [-0.15, -0.1) is 0 Å². The summed E-state index contributed by atoms with van der Waals surface area (Å²) in [5.41, 5.74) is 2.46. The van der Waals surface area contributed by atoms with Crippen LogP contribution in [0.3, 0.4) is 0 Å². The van der Waals surface area contributed by atoms with Gasteiger partial charge in [0.05, 0.1) is 11.8 Å². The van der Waals surface area contributed by atoms with Gasteiger partial charge in [-0.1, -0.05) is 29.8 Å². The van der Waals surface area contributed by atoms with Crippen LogP contribution < -0.4 is 4.90 Å². The Hall–Kier alpha value is -0.610. The lowest BCUT2D eigenvalue weighted by atomic mass is 9.56. The number of halogens is 2. The summed E-state index contributed by atoms with van der Waals surface area (Å²) in [4.78, 5) is 2.24. The molecule has 0 amide bonds. The molecule has 1 saturated heterocycles. The molecule has 134 valence electrons. The number of rotatable bonds is 5. The van der Waals surface area contributed by atoms with Crippen LogP contribution in [0.5, 0.6) is 0 Å². The molecule has 2 fully saturated rings. The highest BCUT2D eigenvalue weighted by Crippen LogP contribution is 2.54. The molecule has 0 aromatic heterocycles. The molecule has 1 unspecified atom stereocenters. The molecule has 1 aliphatic heterocycles. The number of methoxy groups -OCH3 is 1. The SMILES string of the molecule is CCc1cc(N2CCC3(CC2)CC(C(CC)OC)C3)c(F)cc1Br. The van der Waals surface area contributed by atoms with Gasteiger partial charge in [-0.3, -0.25) is 0 Å². The van der Waals surface area contributed by atoms with E-state index in [1.165, 1.54) is 31.2 Å². The standard InChI is InChI=1S/C20H29BrFNO/c1-4-14-10-18(17(22)11-16(14)21)23-8-6-20(7-9-23)12-15(13-20)19(5-2)24-3/h10-11,15,19H,4-9,12-13H2,1-3H3. The maximum absolute atomic E-state index is 14.4. The molecule has 0 N–H and O–H groups in total. The van der Waals surface area contributed by atoms with E-state index in [1.807, 2.05) is 13.2 Å². The molecule has 0 radical (unpaired) electrons. The number of nitrogens with zero attached hydrogens (tertiary/aromatic N) is 1. The lowest BCUT2D eigenvalue weighted by molar-refractivity contribution is -0.0649. The second-order valence-corrected chi connectivity index (χ2v) is 8.44. The number of ether oxygens (including phenoxy) is 1. The van der Waals surface area contributed by atoms with Crippen molar-refractivity contribution in [2.24, 2.45) is 11.3 Å². The maximum Gasteiger partial charge on any atom is 0.147 e. The van der Waals surface area contributed by atoms with Crippen LogP contribution in [0.4, 0.5) is 10.1 Å². The summed E-state index contributed by atoms with van der Waals surface area (Å²) in [5.74, 6) is 0.620. The van der Waals surface area contributed by atoms with Crippen LogP contribution in [0.15, 0.2) is 16.6 Å². The quantitative estimate of drug-likeness (QED) is 0.643. The molecule has 2 aliphatic rings. The smallest absolute Gasteiger partial charge is 0.147 e. The van der Waals surface area contributed by atoms with E-state index in [1.54, 1.807) is 6.07 Å². The van der Waals surface area contributed by atoms with Crippen LogP contribution in [0.1, 0.15) is 51.5 Å². The third-order valence-corrected chi connectivity index (χ3v) is 7.02. The maximum atomic E-state index is 14.4. The summed E-state index contributed by atoms with van der Waals surface area (Å²) < 4.78 is 20.9. The van der Waals surface area contributed by atoms with Crippen molar-refractivity contribution >= 4 is 21.6 Å². The summed E-state index contributed by atoms with van der Waals surface area (Å²) >= 11 is 3.47. The Morgan fingerprint density at radius 2 is 1.96 bits per heavy atom. The van der Waals surface area contributed by atoms with Gasteiger partial charge in [0.15, 0.2) is 0 Å². The molecule has 1 saturated carbocycles. The lowest BCUT2D eigenvalue weighted by Gasteiger charge is -2.54. The minimum Gasteiger partial charge on any atom is -0.381 e. The van der Waals surface area contributed by atoms with Gasteiger partial charge in [-0.05, 0) is 67.6 Å². The van der Waals surface area contributed by atoms with Gasteiger partial charge >= 0.3 is 0 Å². The summed E-state index contributed by atoms with van der Waals surface area (Å²) in [6.45, 7) is 6.27. The average molecular weight is 398 g/mol. The van der Waals surface area contributed by atoms with Gasteiger partial charge in [-0.2, -0.15) is 0 Å². The molecular weight excluding hydrogens is 369 g/mol. The van der Waals surface area contributed by atoms with Gasteiger partial charge < -0.3 is 9.64 Å². The number of aryl methyl sites for hydroxylation is 1. The minimum absolute atomic E-state index is 0.105. The van der Waals surface area contributed by atoms with Crippen LogP contribution in [-0.4, -0.2) is 26.3 Å². The van der Waals surface area contributed by atoms with Gasteiger partial charge in [0.25, 0.3) is 0 Å². The molecule has 1 aliphatic carbocycles. The van der Waals surface area contributed by atoms with Crippen LogP contribution >= 0.6 is 15.9 Å². The fourth-order valence-corrected chi connectivity index (χ4v) is 5.33. The van der Waals surface area contributed by atoms with Crippen molar-refractivity contribution in [3.05, 3.63) is 28.0 Å². The third-order valence-electron chi connectivity index (χ3n) is 6.28. The van der Waals surface area contributed by atoms with Gasteiger partial charge in [0.2, 0.25) is 0 Å². The number of hydrogen-bond donors (Lipinski definition) is 0. The monoisotopic (exact) mass is 397 g/mol. The number of piperidine rings is 1. The van der Waals surface area contributed by atoms with E-state index in [4.69, 9.17) is 4.74 Å². The van der Waals surface area contributed by atoms with E-state index in [2.05, 4.69) is 34.7 Å². The number of anilines is 1. The Bertz CT molecular complexity index is 571. The first-order valence-electron chi connectivity index (χ1n) is 9.27. The highest BCUT2D eigenvalue weighted by Gasteiger charge is 2.48. The zero-order valence-corrected chi connectivity index (χ0v) is 16.7. The van der Waals surface area contributed by atoms with Crippen LogP contribution in [0.2, 0.25) is 0 Å². The third kappa shape index (κ3) is 3.37. The largest absolute Gasteiger partial charge is 0.381 e. The normalized spacial score (nSPS) is 21.8.